The fourth-order valence-corrected chi connectivity index (χ4v) is 18.1. The summed E-state index contributed by atoms with van der Waals surface area (Å²) in [4.78, 5) is 123. The van der Waals surface area contributed by atoms with Crippen molar-refractivity contribution in [3.63, 3.8) is 0 Å². The van der Waals surface area contributed by atoms with E-state index in [1.54, 1.807) is 0 Å². The average molecular weight is 1820 g/mol. The fourth-order valence-electron chi connectivity index (χ4n) is 16.6. The molecule has 7 aromatic rings. The van der Waals surface area contributed by atoms with Crippen LogP contribution >= 0.6 is 34.5 Å². The third-order valence-corrected chi connectivity index (χ3v) is 25.1. The van der Waals surface area contributed by atoms with E-state index in [4.69, 9.17) is 77.3 Å². The number of amides is 5. The number of ketones is 2. The summed E-state index contributed by atoms with van der Waals surface area (Å²) in [7, 11) is 1.48. The van der Waals surface area contributed by atoms with Crippen molar-refractivity contribution in [1.82, 2.24) is 26.6 Å². The number of nitrogens with one attached hydrogen (secondary N) is 5. The largest absolute Gasteiger partial charge is 0.508 e. The van der Waals surface area contributed by atoms with E-state index in [1.165, 1.54) is 62.6 Å². The van der Waals surface area contributed by atoms with Crippen LogP contribution in [0.5, 0.6) is 51.7 Å². The molecule has 1 aromatic heterocycles. The molecule has 0 saturated carbocycles. The first-order valence-electron chi connectivity index (χ1n) is 41.2. The maximum absolute atomic E-state index is 16.6. The van der Waals surface area contributed by atoms with Gasteiger partial charge in [0.15, 0.2) is 41.7 Å². The quantitative estimate of drug-likeness (QED) is 0.0421. The second-order valence-electron chi connectivity index (χ2n) is 33.0. The van der Waals surface area contributed by atoms with Gasteiger partial charge in [0.1, 0.15) is 108 Å². The predicted octanol–water partition coefficient (Wildman–Crippen LogP) is 5.06. The van der Waals surface area contributed by atoms with Gasteiger partial charge in [0.25, 0.3) is 0 Å². The van der Waals surface area contributed by atoms with E-state index < -0.39 is 280 Å². The number of hydrogen-bond donors (Lipinski definition) is 19. The molecule has 682 valence electrons. The highest BCUT2D eigenvalue weighted by atomic mass is 35.5. The number of aliphatic hydroxyl groups excluding tert-OH is 8. The Bertz CT molecular complexity index is 5260. The van der Waals surface area contributed by atoms with Gasteiger partial charge in [-0.1, -0.05) is 55.2 Å². The van der Waals surface area contributed by atoms with Gasteiger partial charge in [0, 0.05) is 63.7 Å². The van der Waals surface area contributed by atoms with Crippen molar-refractivity contribution in [2.24, 2.45) is 23.3 Å². The summed E-state index contributed by atoms with van der Waals surface area (Å²) in [5.41, 5.74) is 9.47. The lowest BCUT2D eigenvalue weighted by Crippen LogP contribution is -2.64. The predicted molar refractivity (Wildman–Crippen MR) is 451 cm³/mol. The number of halogens is 2. The van der Waals surface area contributed by atoms with Crippen LogP contribution in [0.2, 0.25) is 10.0 Å². The first-order chi connectivity index (χ1) is 60.3. The summed E-state index contributed by atoms with van der Waals surface area (Å²) in [6.07, 6.45) is -29.5. The number of nitrogens with two attached hydrogens (primary N) is 2. The van der Waals surface area contributed by atoms with E-state index in [0.29, 0.717) is 19.4 Å². The number of carbonyl (C=O) groups excluding carboxylic acids is 7. The van der Waals surface area contributed by atoms with E-state index in [0.717, 1.165) is 69.6 Å². The lowest BCUT2D eigenvalue weighted by atomic mass is 9.84. The normalized spacial score (nSPS) is 29.6. The van der Waals surface area contributed by atoms with Crippen molar-refractivity contribution in [2.75, 3.05) is 20.3 Å². The molecular formula is C88H101Cl2N7O29S. The van der Waals surface area contributed by atoms with Gasteiger partial charge in [-0.25, -0.2) is 4.79 Å². The molecule has 36 nitrogen and oxygen atoms in total. The van der Waals surface area contributed by atoms with Crippen molar-refractivity contribution in [2.45, 2.75) is 220 Å². The SMILES string of the molecule is CCOc1ccc(-c2ccc(CCC[C@H]3O[C@@H](O[C@H]4[C@H](O)[C@@H](O)[C@H](Oc5c6cc7cc5Oc5ccc(cc5Cl)[C@@H](OC5C[C@](C)(N)[C@@H](O)[C@H](C)O5)[C@@H]5NC(=O)[C@@H](CC(=O)[C@@H]7NC(=O)[C@@H](CC(N)=O)CC(=O)C(NC(=O)[C@@H](CC(C)C)NC)[C@H](O)c7ccc(c(Cl)c7)O6)c6ccc(O)c(c6)-c6c(O)cc(O)cc6[C@@H](C(=O)O)NC5=O)O[C@@H]4CO)[C@H](O)[C@@H](O)[C@H]3O)s2)cc1. The minimum Gasteiger partial charge on any atom is -0.508 e. The van der Waals surface area contributed by atoms with Crippen LogP contribution in [0.25, 0.3) is 21.6 Å². The Balaban J connectivity index is 0.956. The Morgan fingerprint density at radius 2 is 1.35 bits per heavy atom. The summed E-state index contributed by atoms with van der Waals surface area (Å²) in [5.74, 6) is -18.5. The van der Waals surface area contributed by atoms with Gasteiger partial charge in [-0.05, 0) is 178 Å². The molecule has 8 aliphatic rings. The van der Waals surface area contributed by atoms with Crippen LogP contribution in [0.1, 0.15) is 142 Å². The molecular weight excluding hydrogens is 1720 g/mol. The number of carbonyl (C=O) groups is 8. The number of hydrogen-bond acceptors (Lipinski definition) is 31. The van der Waals surface area contributed by atoms with Gasteiger partial charge in [-0.2, -0.15) is 0 Å². The number of aliphatic carboxylic acids is 1. The summed E-state index contributed by atoms with van der Waals surface area (Å²) >= 11 is 16.1. The minimum atomic E-state index is -2.33. The number of aryl methyl sites for hydroxylation is 1. The molecule has 6 aromatic carbocycles. The van der Waals surface area contributed by atoms with E-state index >= 15 is 24.0 Å². The number of ether oxygens (including phenoxy) is 9. The third-order valence-electron chi connectivity index (χ3n) is 23.3. The Kier molecular flexibility index (Phi) is 29.6. The molecule has 5 amide bonds. The van der Waals surface area contributed by atoms with E-state index in [1.807, 2.05) is 57.2 Å². The number of thiophene rings is 1. The maximum atomic E-state index is 16.6. The standard InChI is InChI=1S/C88H101Cl2N7O29S/c1-7-118-45-16-11-38(12-17-45)63-22-18-46(127-63)9-8-10-59-72(106)73(107)75(109)86(122-59)126-79-62(35-98)123-87(76(110)74(79)108)125-78-60-28-42-29-61(78)121-58-21-15-41(26-51(58)90)77(124-65-34-88(5,92)80(111)37(4)119-65)70-84(115)95-68(85(116)117)49-31-44(99)32-54(101)66(49)48-24-39(13-19-53(48)100)47(82(113)97-70)33-56(103)67(42)94-81(112)43(30-64(91)104)27-55(102)69(96-83(114)52(93-6)23-36(2)3)71(105)40-14-20-57(120-60)50(89)25-40/h11-22,24-26,28-29,31-32,36-37,43,47,52,59,62,65,67-77,79-80,86-87,93,98-101,105-111H,7-10,23,27,30,33-35,92H2,1-6H3,(H2,91,104)(H,94,112)(H,95,115)(H,96,114)(H,97,113)(H,116,117)/t37-,43+,47-,52+,59+,62+,65?,67+,68-,69?,70-,71+,72-,73-,74+,75+,76+,77+,79+,80-,86-,87-,88-/m0/s1. The van der Waals surface area contributed by atoms with Crippen LogP contribution < -0.4 is 57.0 Å². The molecule has 9 heterocycles. The Hall–Kier alpha value is -10.2. The molecule has 11 bridgehead atoms. The highest BCUT2D eigenvalue weighted by molar-refractivity contribution is 7.15. The molecule has 23 atom stereocenters. The number of fused-ring (bicyclic) bond motifs is 15. The van der Waals surface area contributed by atoms with Crippen LogP contribution in [0.4, 0.5) is 0 Å². The number of rotatable bonds is 22. The number of likely N-dealkylation sites (N-methyl/N-ethyl adjacent to an activating group) is 1. The summed E-state index contributed by atoms with van der Waals surface area (Å²) in [5, 5.41) is 152. The van der Waals surface area contributed by atoms with Crippen molar-refractivity contribution < 1.29 is 142 Å². The number of phenolic OH excluding ortho intramolecular Hbond substituents is 3. The van der Waals surface area contributed by atoms with Crippen LogP contribution in [0.3, 0.4) is 0 Å². The van der Waals surface area contributed by atoms with Crippen molar-refractivity contribution in [1.29, 1.82) is 0 Å². The Morgan fingerprint density at radius 1 is 0.693 bits per heavy atom. The smallest absolute Gasteiger partial charge is 0.330 e. The van der Waals surface area contributed by atoms with Crippen LogP contribution in [-0.4, -0.2) is 232 Å². The van der Waals surface area contributed by atoms with Gasteiger partial charge in [-0.15, -0.1) is 11.3 Å². The fraction of sp³-hybridized carbons (Fsp3) is 0.455. The monoisotopic (exact) mass is 1820 g/mol. The Morgan fingerprint density at radius 3 is 1.99 bits per heavy atom. The lowest BCUT2D eigenvalue weighted by Gasteiger charge is -2.46. The second kappa shape index (κ2) is 39.8. The second-order valence-corrected chi connectivity index (χ2v) is 35.0. The first-order valence-corrected chi connectivity index (χ1v) is 42.8. The maximum Gasteiger partial charge on any atom is 0.330 e. The molecule has 127 heavy (non-hydrogen) atoms. The summed E-state index contributed by atoms with van der Waals surface area (Å²) in [6, 6.07) is 16.0. The molecule has 21 N–H and O–H groups in total. The number of aliphatic hydroxyl groups is 8. The number of benzene rings is 6. The van der Waals surface area contributed by atoms with Crippen molar-refractivity contribution in [3.05, 3.63) is 158 Å². The molecule has 0 aliphatic carbocycles. The minimum absolute atomic E-state index is 0.0945. The Labute approximate surface area is 741 Å². The van der Waals surface area contributed by atoms with Gasteiger partial charge >= 0.3 is 5.97 Å². The van der Waals surface area contributed by atoms with Gasteiger partial charge < -0.3 is 142 Å². The van der Waals surface area contributed by atoms with Crippen LogP contribution in [-0.2, 0) is 68.5 Å². The van der Waals surface area contributed by atoms with Gasteiger partial charge in [0.05, 0.1) is 59.4 Å². The summed E-state index contributed by atoms with van der Waals surface area (Å²) in [6.45, 7) is 7.91. The number of phenols is 3. The van der Waals surface area contributed by atoms with Crippen LogP contribution in [0.15, 0.2) is 115 Å². The third kappa shape index (κ3) is 20.9. The zero-order valence-corrected chi connectivity index (χ0v) is 71.8. The molecule has 3 saturated heterocycles. The highest BCUT2D eigenvalue weighted by Gasteiger charge is 2.53. The molecule has 15 rings (SSSR count). The average Bonchev–Trinajstić information content (AvgIpc) is 1.17. The molecule has 39 heteroatoms. The van der Waals surface area contributed by atoms with E-state index in [2.05, 4.69) is 26.6 Å². The van der Waals surface area contributed by atoms with Crippen LogP contribution in [0, 0.1) is 11.8 Å². The molecule has 8 aliphatic heterocycles. The zero-order chi connectivity index (χ0) is 91.6. The number of carboxylic acids is 1. The van der Waals surface area contributed by atoms with Crippen molar-refractivity contribution >= 4 is 81.6 Å². The number of aromatic hydroxyl groups is 3. The topological polar surface area (TPSA) is 575 Å². The number of Topliss-reactive ketones (excluding diaryl/α,β-unsaturated/α-hetero) is 2. The molecule has 0 spiro atoms. The van der Waals surface area contributed by atoms with Gasteiger partial charge in [-0.3, -0.25) is 33.6 Å². The van der Waals surface area contributed by atoms with Crippen molar-refractivity contribution in [3.8, 4) is 73.3 Å². The molecule has 2 unspecified atom stereocenters. The molecule has 0 radical (unpaired) electrons. The number of primary amides is 1. The van der Waals surface area contributed by atoms with E-state index in [9.17, 15) is 75.7 Å². The van der Waals surface area contributed by atoms with E-state index in [-0.39, 0.29) is 52.6 Å². The zero-order valence-electron chi connectivity index (χ0n) is 69.4. The molecule has 3 fully saturated rings. The lowest BCUT2D eigenvalue weighted by molar-refractivity contribution is -0.351. The number of carboxylic acid groups (broad SMARTS) is 1. The first kappa shape index (κ1) is 94.4. The highest BCUT2D eigenvalue weighted by Crippen LogP contribution is 2.51. The van der Waals surface area contributed by atoms with Gasteiger partial charge in [0.2, 0.25) is 41.6 Å². The summed E-state index contributed by atoms with van der Waals surface area (Å²) < 4.78 is 57.2.